The maximum Gasteiger partial charge on any atom is 0.191 e. The zero-order chi connectivity index (χ0) is 19.5. The van der Waals surface area contributed by atoms with Crippen LogP contribution in [-0.2, 0) is 13.6 Å². The Labute approximate surface area is 167 Å². The number of hydrogen-bond donors (Lipinski definition) is 0. The number of benzene rings is 2. The zero-order valence-corrected chi connectivity index (χ0v) is 16.6. The monoisotopic (exact) mass is 396 g/mol. The van der Waals surface area contributed by atoms with Gasteiger partial charge in [0.2, 0.25) is 0 Å². The highest BCUT2D eigenvalue weighted by Gasteiger charge is 2.16. The Balaban J connectivity index is 1.49. The van der Waals surface area contributed by atoms with Crippen LogP contribution in [0.15, 0.2) is 59.9 Å². The van der Waals surface area contributed by atoms with Gasteiger partial charge in [-0.2, -0.15) is 0 Å². The second kappa shape index (κ2) is 8.06. The average Bonchev–Trinajstić information content (AvgIpc) is 3.27. The molecule has 5 nitrogen and oxygen atoms in total. The summed E-state index contributed by atoms with van der Waals surface area (Å²) in [7, 11) is 1.97. The molecule has 0 radical (unpaired) electrons. The van der Waals surface area contributed by atoms with Gasteiger partial charge in [0.1, 0.15) is 0 Å². The molecule has 0 saturated heterocycles. The van der Waals surface area contributed by atoms with Crippen LogP contribution in [0.2, 0.25) is 0 Å². The molecule has 0 aliphatic carbocycles. The summed E-state index contributed by atoms with van der Waals surface area (Å²) in [5, 5.41) is 10.7. The van der Waals surface area contributed by atoms with Crippen LogP contribution in [0.4, 0.5) is 4.39 Å². The second-order valence-electron chi connectivity index (χ2n) is 6.34. The first kappa shape index (κ1) is 18.6. The lowest BCUT2D eigenvalue weighted by Gasteiger charge is -2.07. The summed E-state index contributed by atoms with van der Waals surface area (Å²) in [6.07, 6.45) is 2.13. The molecule has 4 rings (SSSR count). The van der Waals surface area contributed by atoms with Gasteiger partial charge in [0.15, 0.2) is 22.5 Å². The number of thioether (sulfide) groups is 1. The van der Waals surface area contributed by atoms with Gasteiger partial charge in [0, 0.05) is 42.0 Å². The van der Waals surface area contributed by atoms with Crippen molar-refractivity contribution in [1.29, 1.82) is 0 Å². The van der Waals surface area contributed by atoms with Gasteiger partial charge >= 0.3 is 0 Å². The van der Waals surface area contributed by atoms with Crippen molar-refractivity contribution in [2.24, 2.45) is 7.05 Å². The van der Waals surface area contributed by atoms with Crippen molar-refractivity contribution in [3.05, 3.63) is 60.5 Å². The molecule has 4 aromatic rings. The van der Waals surface area contributed by atoms with E-state index in [9.17, 15) is 4.39 Å². The van der Waals surface area contributed by atoms with Gasteiger partial charge in [0.25, 0.3) is 0 Å². The molecular formula is C21H21FN4OS. The van der Waals surface area contributed by atoms with Crippen molar-refractivity contribution in [1.82, 2.24) is 19.3 Å². The molecule has 0 N–H and O–H groups in total. The lowest BCUT2D eigenvalue weighted by molar-refractivity contribution is 0.325. The van der Waals surface area contributed by atoms with E-state index in [0.717, 1.165) is 23.1 Å². The maximum absolute atomic E-state index is 13.6. The molecule has 0 bridgehead atoms. The van der Waals surface area contributed by atoms with Crippen LogP contribution in [0, 0.1) is 5.82 Å². The third-order valence-electron chi connectivity index (χ3n) is 4.61. The van der Waals surface area contributed by atoms with Crippen LogP contribution in [0.1, 0.15) is 6.92 Å². The molecule has 0 spiro atoms. The fraction of sp³-hybridized carbons (Fsp3) is 0.238. The van der Waals surface area contributed by atoms with Gasteiger partial charge in [-0.15, -0.1) is 10.2 Å². The van der Waals surface area contributed by atoms with E-state index in [1.54, 1.807) is 30.0 Å². The summed E-state index contributed by atoms with van der Waals surface area (Å²) in [5.74, 6) is 1.41. The number of halogens is 1. The Kier molecular flexibility index (Phi) is 5.34. The quantitative estimate of drug-likeness (QED) is 0.334. The highest BCUT2D eigenvalue weighted by atomic mass is 32.2. The Hall–Kier alpha value is -2.80. The van der Waals surface area contributed by atoms with Gasteiger partial charge < -0.3 is 13.9 Å². The standard InChI is InChI=1S/C21H21FN4OS/c1-3-26-14-16(15-8-4-6-10-18(15)26)20-23-24-21(25(20)2)28-13-12-27-19-11-7-5-9-17(19)22/h4-11,14H,3,12-13H2,1-2H3. The number of rotatable bonds is 7. The van der Waals surface area contributed by atoms with Crippen LogP contribution in [-0.4, -0.2) is 31.7 Å². The van der Waals surface area contributed by atoms with E-state index in [4.69, 9.17) is 4.74 Å². The van der Waals surface area contributed by atoms with Gasteiger partial charge in [0.05, 0.1) is 6.61 Å². The first-order valence-corrected chi connectivity index (χ1v) is 10.2. The zero-order valence-electron chi connectivity index (χ0n) is 15.8. The van der Waals surface area contributed by atoms with E-state index in [0.29, 0.717) is 12.4 Å². The van der Waals surface area contributed by atoms with E-state index in [-0.39, 0.29) is 11.6 Å². The Bertz CT molecular complexity index is 1100. The minimum atomic E-state index is -0.347. The molecule has 28 heavy (non-hydrogen) atoms. The summed E-state index contributed by atoms with van der Waals surface area (Å²) in [6, 6.07) is 14.7. The minimum Gasteiger partial charge on any atom is -0.490 e. The van der Waals surface area contributed by atoms with E-state index < -0.39 is 0 Å². The summed E-state index contributed by atoms with van der Waals surface area (Å²) in [5.41, 5.74) is 2.26. The predicted molar refractivity (Wildman–Crippen MR) is 110 cm³/mol. The second-order valence-corrected chi connectivity index (χ2v) is 7.40. The third kappa shape index (κ3) is 3.49. The molecule has 0 unspecified atom stereocenters. The smallest absolute Gasteiger partial charge is 0.191 e. The van der Waals surface area contributed by atoms with Crippen molar-refractivity contribution in [2.75, 3.05) is 12.4 Å². The van der Waals surface area contributed by atoms with Crippen molar-refractivity contribution in [3.8, 4) is 17.1 Å². The highest BCUT2D eigenvalue weighted by Crippen LogP contribution is 2.31. The lowest BCUT2D eigenvalue weighted by atomic mass is 10.1. The molecule has 0 aliphatic rings. The normalized spacial score (nSPS) is 11.2. The third-order valence-corrected chi connectivity index (χ3v) is 5.60. The SMILES string of the molecule is CCn1cc(-c2nnc(SCCOc3ccccc3F)n2C)c2ccccc21. The van der Waals surface area contributed by atoms with Crippen molar-refractivity contribution in [2.45, 2.75) is 18.6 Å². The largest absolute Gasteiger partial charge is 0.490 e. The Morgan fingerprint density at radius 2 is 1.86 bits per heavy atom. The fourth-order valence-electron chi connectivity index (χ4n) is 3.21. The Morgan fingerprint density at radius 3 is 2.68 bits per heavy atom. The topological polar surface area (TPSA) is 44.9 Å². The van der Waals surface area contributed by atoms with Gasteiger partial charge in [-0.1, -0.05) is 42.1 Å². The van der Waals surface area contributed by atoms with E-state index in [2.05, 4.69) is 40.0 Å². The summed E-state index contributed by atoms with van der Waals surface area (Å²) < 4.78 is 23.3. The molecular weight excluding hydrogens is 375 g/mol. The number of hydrogen-bond acceptors (Lipinski definition) is 4. The highest BCUT2D eigenvalue weighted by molar-refractivity contribution is 7.99. The fourth-order valence-corrected chi connectivity index (χ4v) is 3.94. The molecule has 2 aromatic carbocycles. The molecule has 0 fully saturated rings. The number of para-hydroxylation sites is 2. The van der Waals surface area contributed by atoms with E-state index in [1.807, 2.05) is 23.7 Å². The number of aromatic nitrogens is 4. The molecule has 2 aromatic heterocycles. The molecule has 7 heteroatoms. The summed E-state index contributed by atoms with van der Waals surface area (Å²) >= 11 is 1.54. The molecule has 0 saturated carbocycles. The summed E-state index contributed by atoms with van der Waals surface area (Å²) in [6.45, 7) is 3.42. The molecule has 0 aliphatic heterocycles. The Morgan fingerprint density at radius 1 is 1.07 bits per heavy atom. The lowest BCUT2D eigenvalue weighted by Crippen LogP contribution is -2.03. The number of nitrogens with zero attached hydrogens (tertiary/aromatic N) is 4. The van der Waals surface area contributed by atoms with Gasteiger partial charge in [-0.25, -0.2) is 4.39 Å². The first-order chi connectivity index (χ1) is 13.7. The van der Waals surface area contributed by atoms with Crippen LogP contribution in [0.25, 0.3) is 22.3 Å². The van der Waals surface area contributed by atoms with Crippen LogP contribution >= 0.6 is 11.8 Å². The van der Waals surface area contributed by atoms with Crippen LogP contribution in [0.3, 0.4) is 0 Å². The number of fused-ring (bicyclic) bond motifs is 1. The van der Waals surface area contributed by atoms with Crippen molar-refractivity contribution < 1.29 is 9.13 Å². The van der Waals surface area contributed by atoms with E-state index >= 15 is 0 Å². The molecule has 2 heterocycles. The number of ether oxygens (including phenoxy) is 1. The average molecular weight is 396 g/mol. The summed E-state index contributed by atoms with van der Waals surface area (Å²) in [4.78, 5) is 0. The van der Waals surface area contributed by atoms with Gasteiger partial charge in [-0.05, 0) is 25.1 Å². The molecule has 0 atom stereocenters. The van der Waals surface area contributed by atoms with Crippen LogP contribution < -0.4 is 4.74 Å². The number of aryl methyl sites for hydroxylation is 1. The van der Waals surface area contributed by atoms with Crippen molar-refractivity contribution in [3.63, 3.8) is 0 Å². The minimum absolute atomic E-state index is 0.272. The molecule has 144 valence electrons. The first-order valence-electron chi connectivity index (χ1n) is 9.16. The van der Waals surface area contributed by atoms with E-state index in [1.165, 1.54) is 17.0 Å². The van der Waals surface area contributed by atoms with Crippen molar-refractivity contribution >= 4 is 22.7 Å². The van der Waals surface area contributed by atoms with Gasteiger partial charge in [-0.3, -0.25) is 0 Å². The maximum atomic E-state index is 13.6. The van der Waals surface area contributed by atoms with Crippen LogP contribution in [0.5, 0.6) is 5.75 Å². The molecule has 0 amide bonds. The predicted octanol–water partition coefficient (Wildman–Crippen LogP) is 4.77.